The third-order valence-electron chi connectivity index (χ3n) is 5.77. The molecule has 1 saturated heterocycles. The van der Waals surface area contributed by atoms with Gasteiger partial charge >= 0.3 is 0 Å². The molecule has 4 rings (SSSR count). The smallest absolute Gasteiger partial charge is 0.126 e. The van der Waals surface area contributed by atoms with Gasteiger partial charge in [-0.1, -0.05) is 42.5 Å². The number of fused-ring (bicyclic) bond motifs is 1. The zero-order chi connectivity index (χ0) is 16.5. The van der Waals surface area contributed by atoms with Crippen LogP contribution in [0.15, 0.2) is 48.5 Å². The molecule has 0 saturated carbocycles. The van der Waals surface area contributed by atoms with Crippen LogP contribution in [0.2, 0.25) is 0 Å². The van der Waals surface area contributed by atoms with Crippen molar-refractivity contribution in [1.29, 1.82) is 0 Å². The molecule has 0 bridgehead atoms. The maximum atomic E-state index is 14.1. The van der Waals surface area contributed by atoms with Gasteiger partial charge in [0.1, 0.15) is 5.82 Å². The second-order valence-corrected chi connectivity index (χ2v) is 7.14. The largest absolute Gasteiger partial charge is 0.391 e. The number of halogens is 1. The molecule has 1 aliphatic carbocycles. The van der Waals surface area contributed by atoms with Crippen molar-refractivity contribution in [3.63, 3.8) is 0 Å². The fraction of sp³-hybridized carbons (Fsp3) is 0.429. The fourth-order valence-corrected chi connectivity index (χ4v) is 4.39. The Morgan fingerprint density at radius 2 is 1.67 bits per heavy atom. The van der Waals surface area contributed by atoms with Gasteiger partial charge in [-0.15, -0.1) is 0 Å². The van der Waals surface area contributed by atoms with Gasteiger partial charge in [0.15, 0.2) is 0 Å². The SMILES string of the molecule is O[C@@H]1Cc2cccc([18F])c2C[C@H]1N1CCC(c2ccccc2)CC1. The molecular formula is C21H24FNO. The van der Waals surface area contributed by atoms with Crippen molar-refractivity contribution in [3.05, 3.63) is 71.0 Å². The molecule has 2 aromatic rings. The standard InChI is InChI=1S/C21H24FNO/c22-19-8-4-7-17-13-21(24)20(14-18(17)19)23-11-9-16(10-12-23)15-5-2-1-3-6-15/h1-8,16,20-21,24H,9-14H2/t20-,21-/m1/s1/i22-1. The Labute approximate surface area is 142 Å². The van der Waals surface area contributed by atoms with Crippen molar-refractivity contribution < 1.29 is 9.50 Å². The minimum Gasteiger partial charge on any atom is -0.391 e. The average molecular weight is 324 g/mol. The van der Waals surface area contributed by atoms with E-state index in [0.717, 1.165) is 37.1 Å². The molecule has 2 nitrogen and oxygen atoms in total. The Morgan fingerprint density at radius 3 is 2.42 bits per heavy atom. The number of aliphatic hydroxyl groups excluding tert-OH is 1. The molecule has 2 aromatic carbocycles. The van der Waals surface area contributed by atoms with Gasteiger partial charge in [-0.05, 0) is 61.0 Å². The molecule has 2 atom stereocenters. The zero-order valence-electron chi connectivity index (χ0n) is 13.9. The van der Waals surface area contributed by atoms with Crippen molar-refractivity contribution >= 4 is 0 Å². The van der Waals surface area contributed by atoms with Crippen LogP contribution in [-0.4, -0.2) is 35.2 Å². The molecule has 3 heteroatoms. The van der Waals surface area contributed by atoms with E-state index >= 15 is 0 Å². The van der Waals surface area contributed by atoms with E-state index in [1.165, 1.54) is 11.6 Å². The van der Waals surface area contributed by atoms with Crippen LogP contribution < -0.4 is 0 Å². The van der Waals surface area contributed by atoms with Gasteiger partial charge in [0.05, 0.1) is 6.10 Å². The molecule has 126 valence electrons. The summed E-state index contributed by atoms with van der Waals surface area (Å²) in [5.41, 5.74) is 3.19. The van der Waals surface area contributed by atoms with Crippen molar-refractivity contribution in [1.82, 2.24) is 4.90 Å². The first-order valence-electron chi connectivity index (χ1n) is 8.95. The van der Waals surface area contributed by atoms with Gasteiger partial charge in [0.25, 0.3) is 0 Å². The maximum Gasteiger partial charge on any atom is 0.126 e. The molecule has 1 heterocycles. The predicted molar refractivity (Wildman–Crippen MR) is 93.6 cm³/mol. The number of hydrogen-bond donors (Lipinski definition) is 1. The summed E-state index contributed by atoms with van der Waals surface area (Å²) in [5.74, 6) is 0.482. The summed E-state index contributed by atoms with van der Waals surface area (Å²) < 4.78 is 14.1. The molecule has 0 unspecified atom stereocenters. The van der Waals surface area contributed by atoms with Crippen LogP contribution in [0.3, 0.4) is 0 Å². The number of piperidine rings is 1. The van der Waals surface area contributed by atoms with Gasteiger partial charge in [-0.2, -0.15) is 0 Å². The van der Waals surface area contributed by atoms with Gasteiger partial charge in [0, 0.05) is 12.5 Å². The number of nitrogens with zero attached hydrogens (tertiary/aromatic N) is 1. The lowest BCUT2D eigenvalue weighted by atomic mass is 9.82. The highest BCUT2D eigenvalue weighted by atomic mass is 18.2. The van der Waals surface area contributed by atoms with E-state index in [1.54, 1.807) is 6.07 Å². The third-order valence-corrected chi connectivity index (χ3v) is 5.77. The second kappa shape index (κ2) is 6.66. The van der Waals surface area contributed by atoms with Crippen LogP contribution in [0.1, 0.15) is 35.4 Å². The van der Waals surface area contributed by atoms with E-state index in [2.05, 4.69) is 35.2 Å². The summed E-state index contributed by atoms with van der Waals surface area (Å²) in [5, 5.41) is 10.6. The molecule has 0 spiro atoms. The van der Waals surface area contributed by atoms with E-state index in [1.807, 2.05) is 6.07 Å². The number of benzene rings is 2. The molecule has 0 aromatic heterocycles. The van der Waals surface area contributed by atoms with Gasteiger partial charge < -0.3 is 5.11 Å². The predicted octanol–water partition coefficient (Wildman–Crippen LogP) is 3.53. The fourth-order valence-electron chi connectivity index (χ4n) is 4.39. The topological polar surface area (TPSA) is 23.5 Å². The molecular weight excluding hydrogens is 300 g/mol. The van der Waals surface area contributed by atoms with Crippen LogP contribution in [0.4, 0.5) is 4.39 Å². The van der Waals surface area contributed by atoms with Gasteiger partial charge in [-0.3, -0.25) is 4.90 Å². The Balaban J connectivity index is 1.45. The highest BCUT2D eigenvalue weighted by molar-refractivity contribution is 5.33. The average Bonchev–Trinajstić information content (AvgIpc) is 2.62. The lowest BCUT2D eigenvalue weighted by molar-refractivity contribution is 0.0288. The highest BCUT2D eigenvalue weighted by Crippen LogP contribution is 2.32. The first kappa shape index (κ1) is 15.8. The Hall–Kier alpha value is -1.71. The van der Waals surface area contributed by atoms with E-state index in [4.69, 9.17) is 0 Å². The summed E-state index contributed by atoms with van der Waals surface area (Å²) in [7, 11) is 0. The van der Waals surface area contributed by atoms with Gasteiger partial charge in [0.2, 0.25) is 0 Å². The Bertz CT molecular complexity index is 694. The molecule has 1 N–H and O–H groups in total. The van der Waals surface area contributed by atoms with Gasteiger partial charge in [-0.25, -0.2) is 4.39 Å². The lowest BCUT2D eigenvalue weighted by Gasteiger charge is -2.42. The van der Waals surface area contributed by atoms with Crippen LogP contribution in [0, 0.1) is 5.82 Å². The zero-order valence-corrected chi connectivity index (χ0v) is 13.9. The summed E-state index contributed by atoms with van der Waals surface area (Å²) in [6.07, 6.45) is 3.01. The van der Waals surface area contributed by atoms with E-state index in [-0.39, 0.29) is 11.9 Å². The lowest BCUT2D eigenvalue weighted by Crippen LogP contribution is -2.51. The van der Waals surface area contributed by atoms with Crippen LogP contribution in [0.5, 0.6) is 0 Å². The normalized spacial score (nSPS) is 25.4. The maximum absolute atomic E-state index is 14.1. The quantitative estimate of drug-likeness (QED) is 0.913. The van der Waals surface area contributed by atoms with E-state index in [9.17, 15) is 9.50 Å². The van der Waals surface area contributed by atoms with Crippen LogP contribution >= 0.6 is 0 Å². The third kappa shape index (κ3) is 2.99. The molecule has 2 aliphatic rings. The molecule has 0 amide bonds. The van der Waals surface area contributed by atoms with Crippen molar-refractivity contribution in [2.24, 2.45) is 0 Å². The monoisotopic (exact) mass is 324 g/mol. The number of likely N-dealkylation sites (tertiary alicyclic amines) is 1. The number of aliphatic hydroxyl groups is 1. The minimum atomic E-state index is -0.396. The van der Waals surface area contributed by atoms with E-state index in [0.29, 0.717) is 18.8 Å². The number of hydrogen-bond acceptors (Lipinski definition) is 2. The Morgan fingerprint density at radius 1 is 0.917 bits per heavy atom. The number of rotatable bonds is 2. The molecule has 0 radical (unpaired) electrons. The molecule has 1 aliphatic heterocycles. The molecule has 1 fully saturated rings. The second-order valence-electron chi connectivity index (χ2n) is 7.14. The highest BCUT2D eigenvalue weighted by Gasteiger charge is 2.34. The minimum absolute atomic E-state index is 0.0473. The van der Waals surface area contributed by atoms with Crippen molar-refractivity contribution in [3.8, 4) is 0 Å². The summed E-state index contributed by atoms with van der Waals surface area (Å²) in [6.45, 7) is 1.95. The summed E-state index contributed by atoms with van der Waals surface area (Å²) >= 11 is 0. The first-order chi connectivity index (χ1) is 11.7. The van der Waals surface area contributed by atoms with Crippen LogP contribution in [0.25, 0.3) is 0 Å². The van der Waals surface area contributed by atoms with E-state index < -0.39 is 6.10 Å². The summed E-state index contributed by atoms with van der Waals surface area (Å²) in [6, 6.07) is 16.0. The molecule has 24 heavy (non-hydrogen) atoms. The summed E-state index contributed by atoms with van der Waals surface area (Å²) in [4.78, 5) is 2.37. The van der Waals surface area contributed by atoms with Crippen molar-refractivity contribution in [2.45, 2.75) is 43.7 Å². The Kier molecular flexibility index (Phi) is 4.38. The first-order valence-corrected chi connectivity index (χ1v) is 8.95. The van der Waals surface area contributed by atoms with Crippen molar-refractivity contribution in [2.75, 3.05) is 13.1 Å². The van der Waals surface area contributed by atoms with Crippen LogP contribution in [-0.2, 0) is 12.8 Å².